The highest BCUT2D eigenvalue weighted by molar-refractivity contribution is 6.05. The summed E-state index contributed by atoms with van der Waals surface area (Å²) in [5, 5.41) is 2.79. The third-order valence-corrected chi connectivity index (χ3v) is 3.80. The molecule has 4 nitrogen and oxygen atoms in total. The minimum Gasteiger partial charge on any atom is -0.465 e. The highest BCUT2D eigenvalue weighted by Gasteiger charge is 2.09. The van der Waals surface area contributed by atoms with Gasteiger partial charge in [0, 0.05) is 11.3 Å². The summed E-state index contributed by atoms with van der Waals surface area (Å²) in [6, 6.07) is 24.0. The van der Waals surface area contributed by atoms with Crippen LogP contribution in [-0.4, -0.2) is 19.0 Å². The van der Waals surface area contributed by atoms with Gasteiger partial charge in [-0.15, -0.1) is 0 Å². The van der Waals surface area contributed by atoms with Gasteiger partial charge in [-0.25, -0.2) is 4.79 Å². The number of esters is 1. The Morgan fingerprint density at radius 2 is 1.44 bits per heavy atom. The molecule has 3 aromatic carbocycles. The Hall–Kier alpha value is -3.40. The molecule has 3 rings (SSSR count). The first kappa shape index (κ1) is 16.5. The van der Waals surface area contributed by atoms with Crippen LogP contribution in [0.5, 0.6) is 0 Å². The molecule has 0 saturated heterocycles. The van der Waals surface area contributed by atoms with Gasteiger partial charge in [0.1, 0.15) is 0 Å². The lowest BCUT2D eigenvalue weighted by atomic mass is 10.0. The average molecular weight is 331 g/mol. The van der Waals surface area contributed by atoms with E-state index >= 15 is 0 Å². The number of carbonyl (C=O) groups excluding carboxylic acids is 2. The molecule has 0 fully saturated rings. The van der Waals surface area contributed by atoms with Crippen molar-refractivity contribution in [3.8, 4) is 11.1 Å². The number of hydrogen-bond donors (Lipinski definition) is 1. The first-order valence-corrected chi connectivity index (χ1v) is 7.82. The fraction of sp³-hybridized carbons (Fsp3) is 0.0476. The number of methoxy groups -OCH3 is 1. The fourth-order valence-corrected chi connectivity index (χ4v) is 2.49. The van der Waals surface area contributed by atoms with E-state index in [9.17, 15) is 9.59 Å². The van der Waals surface area contributed by atoms with Crippen LogP contribution in [0.4, 0.5) is 5.69 Å². The van der Waals surface area contributed by atoms with E-state index in [2.05, 4.69) is 10.1 Å². The molecule has 0 heterocycles. The molecule has 0 atom stereocenters. The summed E-state index contributed by atoms with van der Waals surface area (Å²) in [4.78, 5) is 23.9. The highest BCUT2D eigenvalue weighted by atomic mass is 16.5. The lowest BCUT2D eigenvalue weighted by Gasteiger charge is -2.08. The van der Waals surface area contributed by atoms with Crippen LogP contribution in [0.2, 0.25) is 0 Å². The number of amides is 1. The highest BCUT2D eigenvalue weighted by Crippen LogP contribution is 2.20. The van der Waals surface area contributed by atoms with E-state index in [1.807, 2.05) is 42.5 Å². The smallest absolute Gasteiger partial charge is 0.337 e. The summed E-state index contributed by atoms with van der Waals surface area (Å²) >= 11 is 0. The molecule has 0 spiro atoms. The number of hydrogen-bond acceptors (Lipinski definition) is 3. The Morgan fingerprint density at radius 1 is 0.760 bits per heavy atom. The van der Waals surface area contributed by atoms with Gasteiger partial charge in [0.15, 0.2) is 0 Å². The van der Waals surface area contributed by atoms with Crippen molar-refractivity contribution in [1.29, 1.82) is 0 Å². The summed E-state index contributed by atoms with van der Waals surface area (Å²) < 4.78 is 4.68. The molecule has 0 radical (unpaired) electrons. The van der Waals surface area contributed by atoms with Crippen molar-refractivity contribution in [2.45, 2.75) is 0 Å². The van der Waals surface area contributed by atoms with E-state index < -0.39 is 5.97 Å². The van der Waals surface area contributed by atoms with Crippen molar-refractivity contribution in [3.63, 3.8) is 0 Å². The molecular formula is C21H17NO3. The van der Waals surface area contributed by atoms with Crippen molar-refractivity contribution < 1.29 is 14.3 Å². The second-order valence-electron chi connectivity index (χ2n) is 5.47. The van der Waals surface area contributed by atoms with Gasteiger partial charge in [-0.05, 0) is 41.5 Å². The van der Waals surface area contributed by atoms with Crippen molar-refractivity contribution in [2.75, 3.05) is 12.4 Å². The van der Waals surface area contributed by atoms with Gasteiger partial charge in [-0.2, -0.15) is 0 Å². The van der Waals surface area contributed by atoms with Gasteiger partial charge in [0.05, 0.1) is 12.7 Å². The normalized spacial score (nSPS) is 10.1. The molecule has 0 aliphatic carbocycles. The molecular weight excluding hydrogens is 314 g/mol. The molecule has 4 heteroatoms. The summed E-state index contributed by atoms with van der Waals surface area (Å²) in [7, 11) is 1.32. The molecule has 0 unspecified atom stereocenters. The number of rotatable bonds is 4. The summed E-state index contributed by atoms with van der Waals surface area (Å²) in [6.07, 6.45) is 0. The number of nitrogens with one attached hydrogen (secondary N) is 1. The molecule has 0 aromatic heterocycles. The fourth-order valence-electron chi connectivity index (χ4n) is 2.49. The number of carbonyl (C=O) groups is 2. The first-order chi connectivity index (χ1) is 12.2. The van der Waals surface area contributed by atoms with Crippen molar-refractivity contribution in [1.82, 2.24) is 0 Å². The van der Waals surface area contributed by atoms with E-state index in [1.165, 1.54) is 7.11 Å². The summed E-state index contributed by atoms with van der Waals surface area (Å²) in [6.45, 7) is 0. The zero-order chi connectivity index (χ0) is 17.6. The lowest BCUT2D eigenvalue weighted by molar-refractivity contribution is 0.0600. The molecule has 0 bridgehead atoms. The molecule has 0 aliphatic rings. The maximum Gasteiger partial charge on any atom is 0.337 e. The van der Waals surface area contributed by atoms with Gasteiger partial charge in [-0.1, -0.05) is 48.5 Å². The van der Waals surface area contributed by atoms with Crippen LogP contribution in [0.1, 0.15) is 20.7 Å². The topological polar surface area (TPSA) is 55.4 Å². The maximum atomic E-state index is 12.4. The first-order valence-electron chi connectivity index (χ1n) is 7.82. The van der Waals surface area contributed by atoms with Crippen LogP contribution >= 0.6 is 0 Å². The van der Waals surface area contributed by atoms with Crippen molar-refractivity contribution >= 4 is 17.6 Å². The molecule has 1 amide bonds. The van der Waals surface area contributed by atoms with Crippen LogP contribution in [0.3, 0.4) is 0 Å². The zero-order valence-electron chi connectivity index (χ0n) is 13.7. The summed E-state index contributed by atoms with van der Waals surface area (Å²) in [5.74, 6) is -0.676. The van der Waals surface area contributed by atoms with Gasteiger partial charge < -0.3 is 10.1 Å². The van der Waals surface area contributed by atoms with Gasteiger partial charge in [0.25, 0.3) is 5.91 Å². The third kappa shape index (κ3) is 3.93. The third-order valence-electron chi connectivity index (χ3n) is 3.80. The van der Waals surface area contributed by atoms with Crippen molar-refractivity contribution in [2.24, 2.45) is 0 Å². The second-order valence-corrected chi connectivity index (χ2v) is 5.47. The lowest BCUT2D eigenvalue weighted by Crippen LogP contribution is -2.12. The molecule has 0 saturated carbocycles. The van der Waals surface area contributed by atoms with Gasteiger partial charge >= 0.3 is 5.97 Å². The van der Waals surface area contributed by atoms with Crippen LogP contribution in [0, 0.1) is 0 Å². The van der Waals surface area contributed by atoms with E-state index in [0.717, 1.165) is 11.1 Å². The van der Waals surface area contributed by atoms with E-state index in [0.29, 0.717) is 16.8 Å². The number of anilines is 1. The van der Waals surface area contributed by atoms with Gasteiger partial charge in [-0.3, -0.25) is 4.79 Å². The Morgan fingerprint density at radius 3 is 2.12 bits per heavy atom. The van der Waals surface area contributed by atoms with Crippen LogP contribution in [0.15, 0.2) is 78.9 Å². The van der Waals surface area contributed by atoms with Crippen LogP contribution in [0.25, 0.3) is 11.1 Å². The molecule has 3 aromatic rings. The van der Waals surface area contributed by atoms with Gasteiger partial charge in [0.2, 0.25) is 0 Å². The van der Waals surface area contributed by atoms with Crippen LogP contribution in [-0.2, 0) is 4.74 Å². The molecule has 1 N–H and O–H groups in total. The summed E-state index contributed by atoms with van der Waals surface area (Å²) in [5.41, 5.74) is 3.62. The minimum absolute atomic E-state index is 0.235. The Balaban J connectivity index is 1.74. The monoisotopic (exact) mass is 331 g/mol. The van der Waals surface area contributed by atoms with E-state index in [4.69, 9.17) is 0 Å². The van der Waals surface area contributed by atoms with Crippen molar-refractivity contribution in [3.05, 3.63) is 90.0 Å². The quantitative estimate of drug-likeness (QED) is 0.721. The molecule has 0 aliphatic heterocycles. The minimum atomic E-state index is -0.441. The average Bonchev–Trinajstić information content (AvgIpc) is 2.68. The maximum absolute atomic E-state index is 12.4. The Labute approximate surface area is 146 Å². The second kappa shape index (κ2) is 7.45. The predicted octanol–water partition coefficient (Wildman–Crippen LogP) is 4.39. The molecule has 124 valence electrons. The Kier molecular flexibility index (Phi) is 4.90. The van der Waals surface area contributed by atoms with E-state index in [1.54, 1.807) is 36.4 Å². The SMILES string of the molecule is COC(=O)c1cccc(NC(=O)c2ccc(-c3ccccc3)cc2)c1. The van der Waals surface area contributed by atoms with Crippen LogP contribution < -0.4 is 5.32 Å². The number of benzene rings is 3. The zero-order valence-corrected chi connectivity index (χ0v) is 13.7. The standard InChI is InChI=1S/C21H17NO3/c1-25-21(24)18-8-5-9-19(14-18)22-20(23)17-12-10-16(11-13-17)15-6-3-2-4-7-15/h2-14H,1H3,(H,22,23). The number of ether oxygens (including phenoxy) is 1. The Bertz CT molecular complexity index is 887. The predicted molar refractivity (Wildman–Crippen MR) is 97.6 cm³/mol. The van der Waals surface area contributed by atoms with E-state index in [-0.39, 0.29) is 5.91 Å². The molecule has 25 heavy (non-hydrogen) atoms. The largest absolute Gasteiger partial charge is 0.465 e.